The molecule has 124 valence electrons. The predicted molar refractivity (Wildman–Crippen MR) is 89.5 cm³/mol. The number of hydrogen-bond acceptors (Lipinski definition) is 5. The summed E-state index contributed by atoms with van der Waals surface area (Å²) < 4.78 is 11.0. The summed E-state index contributed by atoms with van der Waals surface area (Å²) in [5.41, 5.74) is 3.30. The van der Waals surface area contributed by atoms with E-state index in [9.17, 15) is 0 Å². The van der Waals surface area contributed by atoms with Crippen LogP contribution in [0, 0.1) is 0 Å². The molecule has 2 N–H and O–H groups in total. The normalized spacial score (nSPS) is 19.0. The van der Waals surface area contributed by atoms with Crippen LogP contribution in [-0.4, -0.2) is 61.6 Å². The largest absolute Gasteiger partial charge is 0.497 e. The van der Waals surface area contributed by atoms with E-state index < -0.39 is 0 Å². The van der Waals surface area contributed by atoms with Crippen LogP contribution in [-0.2, 0) is 11.3 Å². The number of H-pyrrole nitrogens is 1. The lowest BCUT2D eigenvalue weighted by Gasteiger charge is -2.30. The van der Waals surface area contributed by atoms with Gasteiger partial charge in [-0.25, -0.2) is 0 Å². The summed E-state index contributed by atoms with van der Waals surface area (Å²) in [5.74, 6) is 0.853. The Morgan fingerprint density at radius 2 is 2.22 bits per heavy atom. The molecule has 0 unspecified atom stereocenters. The summed E-state index contributed by atoms with van der Waals surface area (Å²) in [6.45, 7) is 4.41. The van der Waals surface area contributed by atoms with E-state index in [4.69, 9.17) is 9.47 Å². The number of aromatic amines is 1. The lowest BCUT2D eigenvalue weighted by atomic mass is 10.1. The molecular formula is C17H24N4O2. The fraction of sp³-hybridized carbons (Fsp3) is 0.471. The molecule has 1 aromatic carbocycles. The quantitative estimate of drug-likeness (QED) is 0.846. The van der Waals surface area contributed by atoms with Gasteiger partial charge in [0.2, 0.25) is 0 Å². The molecule has 0 aliphatic carbocycles. The zero-order valence-corrected chi connectivity index (χ0v) is 13.7. The highest BCUT2D eigenvalue weighted by molar-refractivity contribution is 5.63. The fourth-order valence-electron chi connectivity index (χ4n) is 2.81. The Morgan fingerprint density at radius 3 is 2.96 bits per heavy atom. The van der Waals surface area contributed by atoms with Crippen molar-refractivity contribution in [2.75, 3.05) is 40.4 Å². The van der Waals surface area contributed by atoms with Gasteiger partial charge in [0.25, 0.3) is 0 Å². The van der Waals surface area contributed by atoms with Crippen molar-refractivity contribution >= 4 is 0 Å². The molecule has 1 aromatic heterocycles. The molecule has 0 amide bonds. The number of hydrogen-bond donors (Lipinski definition) is 2. The van der Waals surface area contributed by atoms with Crippen LogP contribution in [0.3, 0.4) is 0 Å². The van der Waals surface area contributed by atoms with E-state index in [-0.39, 0.29) is 6.10 Å². The molecule has 1 aliphatic heterocycles. The third-order valence-corrected chi connectivity index (χ3v) is 4.13. The van der Waals surface area contributed by atoms with Crippen LogP contribution >= 0.6 is 0 Å². The van der Waals surface area contributed by atoms with Crippen LogP contribution in [0.1, 0.15) is 5.56 Å². The molecule has 1 fully saturated rings. The van der Waals surface area contributed by atoms with Gasteiger partial charge in [0.05, 0.1) is 31.7 Å². The molecule has 1 saturated heterocycles. The highest BCUT2D eigenvalue weighted by atomic mass is 16.5. The molecule has 2 aromatic rings. The SMILES string of the molecule is COc1ccc(-c2[nH]ncc2CNC[C@@H]2CN(C)CCO2)cc1. The maximum absolute atomic E-state index is 5.77. The second-order valence-corrected chi connectivity index (χ2v) is 5.88. The van der Waals surface area contributed by atoms with E-state index in [0.717, 1.165) is 55.4 Å². The van der Waals surface area contributed by atoms with Gasteiger partial charge < -0.3 is 19.7 Å². The van der Waals surface area contributed by atoms with Crippen molar-refractivity contribution in [3.63, 3.8) is 0 Å². The Kier molecular flexibility index (Phi) is 5.27. The minimum atomic E-state index is 0.255. The molecule has 0 bridgehead atoms. The Balaban J connectivity index is 1.57. The second-order valence-electron chi connectivity index (χ2n) is 5.88. The first-order valence-corrected chi connectivity index (χ1v) is 7.94. The van der Waals surface area contributed by atoms with E-state index in [1.807, 2.05) is 30.5 Å². The number of ether oxygens (including phenoxy) is 2. The van der Waals surface area contributed by atoms with Gasteiger partial charge in [-0.15, -0.1) is 0 Å². The molecule has 6 nitrogen and oxygen atoms in total. The predicted octanol–water partition coefficient (Wildman–Crippen LogP) is 1.51. The molecular weight excluding hydrogens is 292 g/mol. The van der Waals surface area contributed by atoms with E-state index in [2.05, 4.69) is 27.5 Å². The van der Waals surface area contributed by atoms with Gasteiger partial charge >= 0.3 is 0 Å². The van der Waals surface area contributed by atoms with Crippen molar-refractivity contribution in [3.05, 3.63) is 36.0 Å². The van der Waals surface area contributed by atoms with Crippen molar-refractivity contribution in [3.8, 4) is 17.0 Å². The molecule has 3 rings (SSSR count). The highest BCUT2D eigenvalue weighted by Gasteiger charge is 2.17. The number of aromatic nitrogens is 2. The molecule has 0 radical (unpaired) electrons. The van der Waals surface area contributed by atoms with Crippen LogP contribution in [0.25, 0.3) is 11.3 Å². The summed E-state index contributed by atoms with van der Waals surface area (Å²) in [6.07, 6.45) is 2.13. The molecule has 0 saturated carbocycles. The Hall–Kier alpha value is -1.89. The lowest BCUT2D eigenvalue weighted by Crippen LogP contribution is -2.44. The number of nitrogens with zero attached hydrogens (tertiary/aromatic N) is 2. The van der Waals surface area contributed by atoms with E-state index >= 15 is 0 Å². The minimum absolute atomic E-state index is 0.255. The van der Waals surface area contributed by atoms with Crippen LogP contribution in [0.5, 0.6) is 5.75 Å². The summed E-state index contributed by atoms with van der Waals surface area (Å²) >= 11 is 0. The minimum Gasteiger partial charge on any atom is -0.497 e. The highest BCUT2D eigenvalue weighted by Crippen LogP contribution is 2.23. The van der Waals surface area contributed by atoms with Crippen molar-refractivity contribution in [1.82, 2.24) is 20.4 Å². The van der Waals surface area contributed by atoms with Crippen molar-refractivity contribution in [1.29, 1.82) is 0 Å². The Bertz CT molecular complexity index is 611. The van der Waals surface area contributed by atoms with Gasteiger partial charge in [-0.1, -0.05) is 0 Å². The first-order chi connectivity index (χ1) is 11.3. The Labute approximate surface area is 136 Å². The Morgan fingerprint density at radius 1 is 1.39 bits per heavy atom. The zero-order valence-electron chi connectivity index (χ0n) is 13.7. The van der Waals surface area contributed by atoms with Crippen LogP contribution in [0.15, 0.2) is 30.5 Å². The number of rotatable bonds is 6. The van der Waals surface area contributed by atoms with Crippen molar-refractivity contribution < 1.29 is 9.47 Å². The van der Waals surface area contributed by atoms with E-state index in [1.54, 1.807) is 7.11 Å². The first kappa shape index (κ1) is 16.0. The lowest BCUT2D eigenvalue weighted by molar-refractivity contribution is -0.0182. The first-order valence-electron chi connectivity index (χ1n) is 7.94. The smallest absolute Gasteiger partial charge is 0.118 e. The molecule has 23 heavy (non-hydrogen) atoms. The van der Waals surface area contributed by atoms with E-state index in [1.165, 1.54) is 0 Å². The number of likely N-dealkylation sites (N-methyl/N-ethyl adjacent to an activating group) is 1. The van der Waals surface area contributed by atoms with Gasteiger partial charge in [0.15, 0.2) is 0 Å². The maximum Gasteiger partial charge on any atom is 0.118 e. The number of morpholine rings is 1. The zero-order chi connectivity index (χ0) is 16.1. The monoisotopic (exact) mass is 316 g/mol. The molecule has 1 atom stereocenters. The van der Waals surface area contributed by atoms with Crippen LogP contribution in [0.4, 0.5) is 0 Å². The van der Waals surface area contributed by atoms with Crippen LogP contribution in [0.2, 0.25) is 0 Å². The summed E-state index contributed by atoms with van der Waals surface area (Å²) in [6, 6.07) is 7.99. The summed E-state index contributed by atoms with van der Waals surface area (Å²) in [5, 5.41) is 10.7. The topological polar surface area (TPSA) is 62.4 Å². The molecule has 2 heterocycles. The average Bonchev–Trinajstić information content (AvgIpc) is 3.03. The molecule has 6 heteroatoms. The van der Waals surface area contributed by atoms with Gasteiger partial charge in [-0.3, -0.25) is 5.10 Å². The number of methoxy groups -OCH3 is 1. The van der Waals surface area contributed by atoms with Gasteiger partial charge in [-0.2, -0.15) is 5.10 Å². The summed E-state index contributed by atoms with van der Waals surface area (Å²) in [4.78, 5) is 2.30. The molecule has 1 aliphatic rings. The van der Waals surface area contributed by atoms with Gasteiger partial charge in [-0.05, 0) is 31.3 Å². The second kappa shape index (κ2) is 7.59. The maximum atomic E-state index is 5.77. The number of benzene rings is 1. The number of nitrogens with one attached hydrogen (secondary N) is 2. The fourth-order valence-corrected chi connectivity index (χ4v) is 2.81. The molecule has 0 spiro atoms. The van der Waals surface area contributed by atoms with Gasteiger partial charge in [0.1, 0.15) is 5.75 Å². The third kappa shape index (κ3) is 4.10. The summed E-state index contributed by atoms with van der Waals surface area (Å²) in [7, 11) is 3.80. The van der Waals surface area contributed by atoms with E-state index in [0.29, 0.717) is 0 Å². The van der Waals surface area contributed by atoms with Crippen molar-refractivity contribution in [2.45, 2.75) is 12.6 Å². The van der Waals surface area contributed by atoms with Crippen molar-refractivity contribution in [2.24, 2.45) is 0 Å². The third-order valence-electron chi connectivity index (χ3n) is 4.13. The van der Waals surface area contributed by atoms with Crippen LogP contribution < -0.4 is 10.1 Å². The standard InChI is InChI=1S/C17H24N4O2/c1-21-7-8-23-16(12-21)11-18-9-14-10-19-20-17(14)13-3-5-15(22-2)6-4-13/h3-6,10,16,18H,7-9,11-12H2,1-2H3,(H,19,20)/t16-/m1/s1. The van der Waals surface area contributed by atoms with Gasteiger partial charge in [0, 0.05) is 37.3 Å². The average molecular weight is 316 g/mol.